The second kappa shape index (κ2) is 5.69. The van der Waals surface area contributed by atoms with Gasteiger partial charge in [0.05, 0.1) is 0 Å². The molecule has 0 unspecified atom stereocenters. The van der Waals surface area contributed by atoms with Crippen molar-refractivity contribution in [1.82, 2.24) is 15.2 Å². The fourth-order valence-electron chi connectivity index (χ4n) is 2.10. The van der Waals surface area contributed by atoms with Crippen LogP contribution in [0.5, 0.6) is 0 Å². The van der Waals surface area contributed by atoms with E-state index in [0.717, 1.165) is 11.1 Å². The van der Waals surface area contributed by atoms with Crippen LogP contribution in [0.2, 0.25) is 0 Å². The zero-order valence-electron chi connectivity index (χ0n) is 12.0. The first kappa shape index (κ1) is 13.8. The molecule has 0 spiro atoms. The van der Waals surface area contributed by atoms with Gasteiger partial charge >= 0.3 is 0 Å². The average molecular weight is 293 g/mol. The molecule has 0 fully saturated rings. The lowest BCUT2D eigenvalue weighted by atomic mass is 10.2. The number of rotatable bonds is 3. The monoisotopic (exact) mass is 293 g/mol. The number of benzene rings is 2. The molecule has 0 aliphatic carbocycles. The smallest absolute Gasteiger partial charge is 0.221 e. The predicted molar refractivity (Wildman–Crippen MR) is 86.0 cm³/mol. The van der Waals surface area contributed by atoms with Crippen LogP contribution >= 0.6 is 0 Å². The lowest BCUT2D eigenvalue weighted by molar-refractivity contribution is -0.114. The van der Waals surface area contributed by atoms with Crippen molar-refractivity contribution in [1.29, 1.82) is 0 Å². The molecule has 22 heavy (non-hydrogen) atoms. The minimum atomic E-state index is -0.116. The number of nitrogens with two attached hydrogens (primary N) is 1. The molecule has 4 N–H and O–H groups in total. The van der Waals surface area contributed by atoms with Crippen molar-refractivity contribution in [3.63, 3.8) is 0 Å². The fraction of sp³-hybridized carbons (Fsp3) is 0.0625. The van der Waals surface area contributed by atoms with Gasteiger partial charge in [0.25, 0.3) is 0 Å². The maximum atomic E-state index is 11.1. The Kier molecular flexibility index (Phi) is 3.57. The largest absolute Gasteiger partial charge is 0.399 e. The summed E-state index contributed by atoms with van der Waals surface area (Å²) in [6.07, 6.45) is 0. The number of aromatic amines is 1. The second-order valence-electron chi connectivity index (χ2n) is 4.89. The van der Waals surface area contributed by atoms with Crippen LogP contribution in [0, 0.1) is 0 Å². The first-order valence-corrected chi connectivity index (χ1v) is 6.78. The molecule has 3 rings (SSSR count). The highest BCUT2D eigenvalue weighted by Gasteiger charge is 2.08. The van der Waals surface area contributed by atoms with E-state index in [0.29, 0.717) is 23.0 Å². The number of carbonyl (C=O) groups is 1. The Labute approximate surface area is 127 Å². The number of amides is 1. The van der Waals surface area contributed by atoms with Crippen LogP contribution in [0.4, 0.5) is 11.4 Å². The Morgan fingerprint density at radius 1 is 1.14 bits per heavy atom. The molecule has 0 saturated heterocycles. The maximum absolute atomic E-state index is 11.1. The first-order valence-electron chi connectivity index (χ1n) is 6.78. The molecule has 0 bridgehead atoms. The van der Waals surface area contributed by atoms with E-state index in [9.17, 15) is 4.79 Å². The van der Waals surface area contributed by atoms with Gasteiger partial charge in [-0.2, -0.15) is 5.10 Å². The van der Waals surface area contributed by atoms with E-state index in [2.05, 4.69) is 20.5 Å². The third kappa shape index (κ3) is 2.95. The van der Waals surface area contributed by atoms with Gasteiger partial charge < -0.3 is 11.1 Å². The molecule has 1 amide bonds. The molecule has 0 radical (unpaired) electrons. The molecule has 0 aliphatic rings. The Morgan fingerprint density at radius 3 is 2.64 bits per heavy atom. The van der Waals surface area contributed by atoms with Gasteiger partial charge in [0.2, 0.25) is 5.91 Å². The Morgan fingerprint density at radius 2 is 1.91 bits per heavy atom. The van der Waals surface area contributed by atoms with E-state index >= 15 is 0 Å². The summed E-state index contributed by atoms with van der Waals surface area (Å²) in [5.41, 5.74) is 8.82. The van der Waals surface area contributed by atoms with Crippen LogP contribution in [0.3, 0.4) is 0 Å². The number of aromatic nitrogens is 3. The molecule has 6 heteroatoms. The maximum Gasteiger partial charge on any atom is 0.221 e. The summed E-state index contributed by atoms with van der Waals surface area (Å²) in [4.78, 5) is 15.6. The van der Waals surface area contributed by atoms with E-state index in [1.165, 1.54) is 6.92 Å². The summed E-state index contributed by atoms with van der Waals surface area (Å²) in [6.45, 7) is 1.47. The lowest BCUT2D eigenvalue weighted by Gasteiger charge is -2.02. The van der Waals surface area contributed by atoms with Gasteiger partial charge in [-0.25, -0.2) is 4.98 Å². The van der Waals surface area contributed by atoms with E-state index < -0.39 is 0 Å². The fourth-order valence-corrected chi connectivity index (χ4v) is 2.10. The molecule has 110 valence electrons. The Bertz CT molecular complexity index is 807. The first-order chi connectivity index (χ1) is 10.6. The van der Waals surface area contributed by atoms with Gasteiger partial charge in [0.1, 0.15) is 0 Å². The van der Waals surface area contributed by atoms with Crippen molar-refractivity contribution < 1.29 is 4.79 Å². The zero-order valence-corrected chi connectivity index (χ0v) is 12.0. The summed E-state index contributed by atoms with van der Waals surface area (Å²) in [7, 11) is 0. The van der Waals surface area contributed by atoms with Crippen molar-refractivity contribution in [2.24, 2.45) is 0 Å². The van der Waals surface area contributed by atoms with Crippen molar-refractivity contribution >= 4 is 17.3 Å². The lowest BCUT2D eigenvalue weighted by Crippen LogP contribution is -2.05. The zero-order chi connectivity index (χ0) is 15.5. The van der Waals surface area contributed by atoms with Gasteiger partial charge in [-0.1, -0.05) is 12.1 Å². The average Bonchev–Trinajstić information content (AvgIpc) is 2.97. The third-order valence-corrected chi connectivity index (χ3v) is 3.11. The molecule has 0 saturated carbocycles. The Hall–Kier alpha value is -3.15. The van der Waals surface area contributed by atoms with Gasteiger partial charge in [-0.15, -0.1) is 0 Å². The molecule has 1 aromatic heterocycles. The van der Waals surface area contributed by atoms with Gasteiger partial charge in [-0.05, 0) is 36.4 Å². The molecule has 0 atom stereocenters. The standard InChI is InChI=1S/C16H15N5O/c1-10(22)18-14-4-2-3-12(9-14)16-19-15(20-21-16)11-5-7-13(17)8-6-11/h2-9H,17H2,1H3,(H,18,22)(H,19,20,21). The van der Waals surface area contributed by atoms with Crippen LogP contribution < -0.4 is 11.1 Å². The van der Waals surface area contributed by atoms with Crippen LogP contribution in [0.25, 0.3) is 22.8 Å². The number of nitrogens with zero attached hydrogens (tertiary/aromatic N) is 2. The van der Waals surface area contributed by atoms with Crippen molar-refractivity contribution in [2.45, 2.75) is 6.92 Å². The molecule has 2 aromatic carbocycles. The van der Waals surface area contributed by atoms with Gasteiger partial charge in [0.15, 0.2) is 11.6 Å². The van der Waals surface area contributed by atoms with E-state index in [1.54, 1.807) is 0 Å². The predicted octanol–water partition coefficient (Wildman–Crippen LogP) is 2.68. The summed E-state index contributed by atoms with van der Waals surface area (Å²) in [5.74, 6) is 1.12. The number of nitrogens with one attached hydrogen (secondary N) is 2. The summed E-state index contributed by atoms with van der Waals surface area (Å²) < 4.78 is 0. The highest BCUT2D eigenvalue weighted by Crippen LogP contribution is 2.22. The van der Waals surface area contributed by atoms with Gasteiger partial charge in [-0.3, -0.25) is 9.89 Å². The summed E-state index contributed by atoms with van der Waals surface area (Å²) in [6, 6.07) is 14.8. The molecule has 1 heterocycles. The van der Waals surface area contributed by atoms with Crippen molar-refractivity contribution in [3.05, 3.63) is 48.5 Å². The topological polar surface area (TPSA) is 96.7 Å². The number of hydrogen-bond donors (Lipinski definition) is 3. The minimum absolute atomic E-state index is 0.116. The molecular formula is C16H15N5O. The number of hydrogen-bond acceptors (Lipinski definition) is 4. The van der Waals surface area contributed by atoms with E-state index in [-0.39, 0.29) is 5.91 Å². The van der Waals surface area contributed by atoms with E-state index in [1.807, 2.05) is 48.5 Å². The second-order valence-corrected chi connectivity index (χ2v) is 4.89. The molecule has 3 aromatic rings. The molecule has 0 aliphatic heterocycles. The number of H-pyrrole nitrogens is 1. The van der Waals surface area contributed by atoms with Crippen LogP contribution in [-0.2, 0) is 4.79 Å². The molecule has 6 nitrogen and oxygen atoms in total. The molecular weight excluding hydrogens is 278 g/mol. The minimum Gasteiger partial charge on any atom is -0.399 e. The SMILES string of the molecule is CC(=O)Nc1cccc(-c2n[nH]c(-c3ccc(N)cc3)n2)c1. The highest BCUT2D eigenvalue weighted by atomic mass is 16.1. The number of nitrogen functional groups attached to an aromatic ring is 1. The van der Waals surface area contributed by atoms with Crippen molar-refractivity contribution in [2.75, 3.05) is 11.1 Å². The summed E-state index contributed by atoms with van der Waals surface area (Å²) >= 11 is 0. The normalized spacial score (nSPS) is 10.4. The quantitative estimate of drug-likeness (QED) is 0.647. The number of carbonyl (C=O) groups excluding carboxylic acids is 1. The van der Waals surface area contributed by atoms with Crippen molar-refractivity contribution in [3.8, 4) is 22.8 Å². The van der Waals surface area contributed by atoms with Crippen LogP contribution in [-0.4, -0.2) is 21.1 Å². The van der Waals surface area contributed by atoms with Crippen LogP contribution in [0.1, 0.15) is 6.92 Å². The summed E-state index contributed by atoms with van der Waals surface area (Å²) in [5, 5.41) is 9.88. The van der Waals surface area contributed by atoms with E-state index in [4.69, 9.17) is 5.73 Å². The Balaban J connectivity index is 1.90. The van der Waals surface area contributed by atoms with Gasteiger partial charge in [0, 0.05) is 29.4 Å². The third-order valence-electron chi connectivity index (χ3n) is 3.11. The number of anilines is 2. The highest BCUT2D eigenvalue weighted by molar-refractivity contribution is 5.89. The van der Waals surface area contributed by atoms with Crippen LogP contribution in [0.15, 0.2) is 48.5 Å².